The molecule has 14 heavy (non-hydrogen) atoms. The Morgan fingerprint density at radius 1 is 1.43 bits per heavy atom. The average Bonchev–Trinajstić information content (AvgIpc) is 2.63. The minimum Gasteiger partial charge on any atom is -0.299 e. The fourth-order valence-electron chi connectivity index (χ4n) is 1.78. The number of likely N-dealkylation sites (N-methyl/N-ethyl adjacent to an activating group) is 1. The molecule has 0 saturated heterocycles. The van der Waals surface area contributed by atoms with Crippen LogP contribution in [0.25, 0.3) is 0 Å². The van der Waals surface area contributed by atoms with E-state index in [4.69, 9.17) is 0 Å². The van der Waals surface area contributed by atoms with Crippen LogP contribution in [0.5, 0.6) is 0 Å². The van der Waals surface area contributed by atoms with E-state index in [9.17, 15) is 0 Å². The van der Waals surface area contributed by atoms with Gasteiger partial charge >= 0.3 is 0 Å². The largest absolute Gasteiger partial charge is 0.299 e. The molecule has 0 N–H and O–H groups in total. The SMILES string of the molecule is CC.CCN1CCc2scc(C)c2C1. The van der Waals surface area contributed by atoms with Gasteiger partial charge in [0.2, 0.25) is 0 Å². The molecule has 0 aliphatic carbocycles. The maximum absolute atomic E-state index is 2.52. The third-order valence-corrected chi connectivity index (χ3v) is 3.88. The molecule has 1 aliphatic heterocycles. The van der Waals surface area contributed by atoms with Crippen molar-refractivity contribution in [2.24, 2.45) is 0 Å². The number of fused-ring (bicyclic) bond motifs is 1. The van der Waals surface area contributed by atoms with Crippen LogP contribution in [-0.2, 0) is 13.0 Å². The zero-order chi connectivity index (χ0) is 10.6. The van der Waals surface area contributed by atoms with E-state index < -0.39 is 0 Å². The van der Waals surface area contributed by atoms with E-state index in [0.29, 0.717) is 0 Å². The Balaban J connectivity index is 0.000000461. The standard InChI is InChI=1S/C10H15NS.C2H6/c1-3-11-5-4-10-9(6-11)8(2)7-12-10;1-2/h7H,3-6H2,1-2H3;1-2H3. The summed E-state index contributed by atoms with van der Waals surface area (Å²) in [5.74, 6) is 0. The van der Waals surface area contributed by atoms with Crippen LogP contribution in [0.15, 0.2) is 5.38 Å². The van der Waals surface area contributed by atoms with Gasteiger partial charge in [-0.1, -0.05) is 20.8 Å². The molecule has 1 aliphatic rings. The minimum atomic E-state index is 1.18. The van der Waals surface area contributed by atoms with Crippen molar-refractivity contribution in [1.82, 2.24) is 4.90 Å². The number of hydrogen-bond donors (Lipinski definition) is 0. The Bertz CT molecular complexity index is 278. The van der Waals surface area contributed by atoms with Crippen molar-refractivity contribution in [2.45, 2.75) is 40.7 Å². The number of rotatable bonds is 1. The Labute approximate surface area is 91.8 Å². The summed E-state index contributed by atoms with van der Waals surface area (Å²) < 4.78 is 0. The number of thiophene rings is 1. The van der Waals surface area contributed by atoms with Crippen LogP contribution in [0.1, 0.15) is 36.8 Å². The molecule has 80 valence electrons. The van der Waals surface area contributed by atoms with Crippen LogP contribution in [0.4, 0.5) is 0 Å². The zero-order valence-corrected chi connectivity index (χ0v) is 10.6. The molecule has 0 amide bonds. The molecular weight excluding hydrogens is 190 g/mol. The lowest BCUT2D eigenvalue weighted by molar-refractivity contribution is 0.269. The van der Waals surface area contributed by atoms with Crippen molar-refractivity contribution in [3.05, 3.63) is 21.4 Å². The Hall–Kier alpha value is -0.340. The van der Waals surface area contributed by atoms with E-state index in [1.807, 2.05) is 25.2 Å². The highest BCUT2D eigenvalue weighted by molar-refractivity contribution is 7.10. The van der Waals surface area contributed by atoms with Gasteiger partial charge in [0.15, 0.2) is 0 Å². The zero-order valence-electron chi connectivity index (χ0n) is 9.76. The lowest BCUT2D eigenvalue weighted by atomic mass is 10.1. The average molecular weight is 211 g/mol. The van der Waals surface area contributed by atoms with Crippen molar-refractivity contribution >= 4 is 11.3 Å². The summed E-state index contributed by atoms with van der Waals surface area (Å²) in [4.78, 5) is 4.14. The quantitative estimate of drug-likeness (QED) is 0.687. The molecule has 2 heterocycles. The topological polar surface area (TPSA) is 3.24 Å². The number of hydrogen-bond acceptors (Lipinski definition) is 2. The van der Waals surface area contributed by atoms with Crippen molar-refractivity contribution in [3.63, 3.8) is 0 Å². The molecule has 0 saturated carbocycles. The molecule has 0 aromatic carbocycles. The van der Waals surface area contributed by atoms with Gasteiger partial charge in [0, 0.05) is 18.0 Å². The van der Waals surface area contributed by atoms with Gasteiger partial charge in [-0.3, -0.25) is 4.90 Å². The summed E-state index contributed by atoms with van der Waals surface area (Å²) >= 11 is 1.94. The second-order valence-electron chi connectivity index (χ2n) is 3.44. The predicted octanol–water partition coefficient (Wildman–Crippen LogP) is 3.46. The highest BCUT2D eigenvalue weighted by Crippen LogP contribution is 2.27. The number of nitrogens with zero attached hydrogens (tertiary/aromatic N) is 1. The van der Waals surface area contributed by atoms with E-state index in [2.05, 4.69) is 24.1 Å². The smallest absolute Gasteiger partial charge is 0.0247 e. The molecule has 0 atom stereocenters. The van der Waals surface area contributed by atoms with Crippen LogP contribution in [0.3, 0.4) is 0 Å². The first-order valence-corrected chi connectivity index (χ1v) is 6.47. The third kappa shape index (κ3) is 2.37. The van der Waals surface area contributed by atoms with Crippen molar-refractivity contribution < 1.29 is 0 Å². The monoisotopic (exact) mass is 211 g/mol. The van der Waals surface area contributed by atoms with E-state index >= 15 is 0 Å². The fraction of sp³-hybridized carbons (Fsp3) is 0.667. The van der Waals surface area contributed by atoms with Crippen LogP contribution in [0.2, 0.25) is 0 Å². The van der Waals surface area contributed by atoms with Crippen LogP contribution in [-0.4, -0.2) is 18.0 Å². The molecule has 2 heteroatoms. The van der Waals surface area contributed by atoms with E-state index in [1.54, 1.807) is 10.4 Å². The van der Waals surface area contributed by atoms with Crippen LogP contribution < -0.4 is 0 Å². The molecule has 1 aromatic rings. The molecule has 0 fully saturated rings. The Kier molecular flexibility index (Phi) is 4.63. The van der Waals surface area contributed by atoms with E-state index in [1.165, 1.54) is 31.6 Å². The molecule has 0 spiro atoms. The molecular formula is C12H21NS. The van der Waals surface area contributed by atoms with Crippen LogP contribution >= 0.6 is 11.3 Å². The van der Waals surface area contributed by atoms with Gasteiger partial charge in [-0.05, 0) is 36.4 Å². The first kappa shape index (κ1) is 11.7. The fourth-order valence-corrected chi connectivity index (χ4v) is 2.81. The van der Waals surface area contributed by atoms with Gasteiger partial charge in [0.05, 0.1) is 0 Å². The lowest BCUT2D eigenvalue weighted by Crippen LogP contribution is -2.29. The maximum atomic E-state index is 2.52. The summed E-state index contributed by atoms with van der Waals surface area (Å²) in [6, 6.07) is 0. The first-order chi connectivity index (χ1) is 6.81. The summed E-state index contributed by atoms with van der Waals surface area (Å²) in [6.07, 6.45) is 1.27. The van der Waals surface area contributed by atoms with Crippen molar-refractivity contribution in [1.29, 1.82) is 0 Å². The lowest BCUT2D eigenvalue weighted by Gasteiger charge is -2.25. The van der Waals surface area contributed by atoms with Gasteiger partial charge in [-0.25, -0.2) is 0 Å². The van der Waals surface area contributed by atoms with Gasteiger partial charge in [-0.15, -0.1) is 11.3 Å². The van der Waals surface area contributed by atoms with Gasteiger partial charge in [0.1, 0.15) is 0 Å². The van der Waals surface area contributed by atoms with Crippen molar-refractivity contribution in [2.75, 3.05) is 13.1 Å². The number of aryl methyl sites for hydroxylation is 1. The van der Waals surface area contributed by atoms with Gasteiger partial charge in [0.25, 0.3) is 0 Å². The summed E-state index contributed by atoms with van der Waals surface area (Å²) in [7, 11) is 0. The normalized spacial score (nSPS) is 15.7. The molecule has 1 aromatic heterocycles. The van der Waals surface area contributed by atoms with E-state index in [-0.39, 0.29) is 0 Å². The van der Waals surface area contributed by atoms with E-state index in [0.717, 1.165) is 0 Å². The molecule has 2 rings (SSSR count). The Morgan fingerprint density at radius 2 is 2.14 bits per heavy atom. The third-order valence-electron chi connectivity index (χ3n) is 2.67. The summed E-state index contributed by atoms with van der Waals surface area (Å²) in [6.45, 7) is 12.1. The predicted molar refractivity (Wildman–Crippen MR) is 65.1 cm³/mol. The second kappa shape index (κ2) is 5.52. The highest BCUT2D eigenvalue weighted by atomic mass is 32.1. The Morgan fingerprint density at radius 3 is 2.79 bits per heavy atom. The van der Waals surface area contributed by atoms with Gasteiger partial charge in [-0.2, -0.15) is 0 Å². The van der Waals surface area contributed by atoms with Crippen LogP contribution in [0, 0.1) is 6.92 Å². The minimum absolute atomic E-state index is 1.18. The molecule has 1 nitrogen and oxygen atoms in total. The second-order valence-corrected chi connectivity index (χ2v) is 4.40. The molecule has 0 radical (unpaired) electrons. The highest BCUT2D eigenvalue weighted by Gasteiger charge is 2.17. The molecule has 0 unspecified atom stereocenters. The first-order valence-electron chi connectivity index (χ1n) is 5.59. The summed E-state index contributed by atoms with van der Waals surface area (Å²) in [5.41, 5.74) is 3.10. The maximum Gasteiger partial charge on any atom is 0.0247 e. The summed E-state index contributed by atoms with van der Waals surface area (Å²) in [5, 5.41) is 2.30. The molecule has 0 bridgehead atoms. The van der Waals surface area contributed by atoms with Gasteiger partial charge < -0.3 is 0 Å². The van der Waals surface area contributed by atoms with Crippen molar-refractivity contribution in [3.8, 4) is 0 Å².